The molecule has 0 heterocycles. The molecule has 1 atom stereocenters. The molecule has 0 fully saturated rings. The van der Waals surface area contributed by atoms with Crippen LogP contribution in [0.4, 0.5) is 0 Å². The number of benzene rings is 3. The Bertz CT molecular complexity index is 1020. The number of halogens is 1. The van der Waals surface area contributed by atoms with Crippen molar-refractivity contribution in [2.24, 2.45) is 0 Å². The van der Waals surface area contributed by atoms with Gasteiger partial charge in [-0.3, -0.25) is 0 Å². The number of aliphatic hydroxyl groups is 1. The maximum Gasteiger partial charge on any atom is 0.125 e. The molecule has 0 aliphatic heterocycles. The van der Waals surface area contributed by atoms with E-state index in [4.69, 9.17) is 21.1 Å². The van der Waals surface area contributed by atoms with Crippen molar-refractivity contribution < 1.29 is 14.6 Å². The third-order valence-electron chi connectivity index (χ3n) is 6.08. The molecule has 176 valence electrons. The fraction of sp³-hybridized carbons (Fsp3) is 0.357. The molecule has 3 rings (SSSR count). The summed E-state index contributed by atoms with van der Waals surface area (Å²) in [4.78, 5) is 2.32. The lowest BCUT2D eigenvalue weighted by Crippen LogP contribution is -2.31. The van der Waals surface area contributed by atoms with Crippen LogP contribution in [0.25, 0.3) is 0 Å². The Morgan fingerprint density at radius 1 is 0.939 bits per heavy atom. The summed E-state index contributed by atoms with van der Waals surface area (Å²) in [6.45, 7) is 9.84. The van der Waals surface area contributed by atoms with Crippen molar-refractivity contribution in [2.75, 3.05) is 33.4 Å². The number of hydrogen-bond donors (Lipinski definition) is 1. The summed E-state index contributed by atoms with van der Waals surface area (Å²) < 4.78 is 11.6. The number of hydrogen-bond acceptors (Lipinski definition) is 4. The van der Waals surface area contributed by atoms with E-state index in [1.165, 1.54) is 0 Å². The molecule has 1 unspecified atom stereocenters. The SMILES string of the molecule is CCN(CC)CCOc1ccc(C(O)(Cc2ccc(Cl)cc2)c2ccc(C)cc2OC)cc1. The van der Waals surface area contributed by atoms with Crippen LogP contribution in [0.2, 0.25) is 5.02 Å². The predicted molar refractivity (Wildman–Crippen MR) is 136 cm³/mol. The molecule has 4 nitrogen and oxygen atoms in total. The summed E-state index contributed by atoms with van der Waals surface area (Å²) >= 11 is 6.08. The molecule has 0 saturated heterocycles. The van der Waals surface area contributed by atoms with Crippen molar-refractivity contribution in [1.82, 2.24) is 4.90 Å². The van der Waals surface area contributed by atoms with E-state index in [1.54, 1.807) is 7.11 Å². The standard InChI is InChI=1S/C28H34ClNO3/c1-5-30(6-2)17-18-33-25-14-10-23(11-15-25)28(31,20-22-8-12-24(29)13-9-22)26-16-7-21(3)19-27(26)32-4/h7-16,19,31H,5-6,17-18,20H2,1-4H3. The minimum atomic E-state index is -1.29. The van der Waals surface area contributed by atoms with Crippen molar-refractivity contribution in [3.63, 3.8) is 0 Å². The average Bonchev–Trinajstić information content (AvgIpc) is 2.83. The fourth-order valence-electron chi connectivity index (χ4n) is 4.05. The highest BCUT2D eigenvalue weighted by Gasteiger charge is 2.35. The lowest BCUT2D eigenvalue weighted by atomic mass is 9.80. The van der Waals surface area contributed by atoms with Gasteiger partial charge in [-0.15, -0.1) is 0 Å². The lowest BCUT2D eigenvalue weighted by Gasteiger charge is -2.31. The van der Waals surface area contributed by atoms with Crippen LogP contribution in [0.5, 0.6) is 11.5 Å². The highest BCUT2D eigenvalue weighted by atomic mass is 35.5. The van der Waals surface area contributed by atoms with Gasteiger partial charge in [0.1, 0.15) is 23.7 Å². The zero-order valence-corrected chi connectivity index (χ0v) is 20.7. The first-order chi connectivity index (χ1) is 15.9. The second kappa shape index (κ2) is 11.6. The Morgan fingerprint density at radius 2 is 1.61 bits per heavy atom. The second-order valence-corrected chi connectivity index (χ2v) is 8.70. The minimum Gasteiger partial charge on any atom is -0.496 e. The number of aryl methyl sites for hydroxylation is 1. The fourth-order valence-corrected chi connectivity index (χ4v) is 4.18. The van der Waals surface area contributed by atoms with Crippen LogP contribution in [-0.4, -0.2) is 43.4 Å². The van der Waals surface area contributed by atoms with Crippen molar-refractivity contribution in [3.05, 3.63) is 94.0 Å². The van der Waals surface area contributed by atoms with Gasteiger partial charge in [-0.05, 0) is 67.0 Å². The smallest absolute Gasteiger partial charge is 0.125 e. The van der Waals surface area contributed by atoms with E-state index in [0.717, 1.165) is 47.6 Å². The first kappa shape index (κ1) is 25.1. The molecule has 0 saturated carbocycles. The van der Waals surface area contributed by atoms with E-state index in [1.807, 2.05) is 73.7 Å². The molecule has 0 bridgehead atoms. The second-order valence-electron chi connectivity index (χ2n) is 8.27. The maximum absolute atomic E-state index is 12.1. The van der Waals surface area contributed by atoms with Gasteiger partial charge >= 0.3 is 0 Å². The van der Waals surface area contributed by atoms with Gasteiger partial charge in [0.25, 0.3) is 0 Å². The Balaban J connectivity index is 1.92. The minimum absolute atomic E-state index is 0.381. The zero-order chi connectivity index (χ0) is 23.8. The summed E-state index contributed by atoms with van der Waals surface area (Å²) in [5.74, 6) is 1.45. The maximum atomic E-state index is 12.1. The molecule has 0 aliphatic carbocycles. The zero-order valence-electron chi connectivity index (χ0n) is 20.0. The van der Waals surface area contributed by atoms with Crippen LogP contribution >= 0.6 is 11.6 Å². The van der Waals surface area contributed by atoms with Crippen molar-refractivity contribution >= 4 is 11.6 Å². The average molecular weight is 468 g/mol. The molecule has 0 spiro atoms. The van der Waals surface area contributed by atoms with E-state index in [-0.39, 0.29) is 0 Å². The van der Waals surface area contributed by atoms with Gasteiger partial charge in [0.05, 0.1) is 7.11 Å². The molecule has 0 aromatic heterocycles. The molecule has 0 aliphatic rings. The van der Waals surface area contributed by atoms with Crippen molar-refractivity contribution in [3.8, 4) is 11.5 Å². The van der Waals surface area contributed by atoms with E-state index >= 15 is 0 Å². The summed E-state index contributed by atoms with van der Waals surface area (Å²) in [5.41, 5.74) is 2.26. The topological polar surface area (TPSA) is 41.9 Å². The Hall–Kier alpha value is -2.53. The van der Waals surface area contributed by atoms with Crippen LogP contribution < -0.4 is 9.47 Å². The molecule has 1 N–H and O–H groups in total. The van der Waals surface area contributed by atoms with Crippen LogP contribution in [0.3, 0.4) is 0 Å². The van der Waals surface area contributed by atoms with Gasteiger partial charge in [-0.25, -0.2) is 0 Å². The summed E-state index contributed by atoms with van der Waals surface area (Å²) in [7, 11) is 1.63. The monoisotopic (exact) mass is 467 g/mol. The van der Waals surface area contributed by atoms with E-state index in [9.17, 15) is 5.11 Å². The molecule has 33 heavy (non-hydrogen) atoms. The first-order valence-corrected chi connectivity index (χ1v) is 11.8. The number of rotatable bonds is 11. The van der Waals surface area contributed by atoms with Gasteiger partial charge in [0.2, 0.25) is 0 Å². The third-order valence-corrected chi connectivity index (χ3v) is 6.33. The van der Waals surface area contributed by atoms with Crippen molar-refractivity contribution in [1.29, 1.82) is 0 Å². The number of nitrogens with zero attached hydrogens (tertiary/aromatic N) is 1. The molecule has 5 heteroatoms. The molecular weight excluding hydrogens is 434 g/mol. The number of ether oxygens (including phenoxy) is 2. The molecular formula is C28H34ClNO3. The first-order valence-electron chi connectivity index (χ1n) is 11.5. The highest BCUT2D eigenvalue weighted by Crippen LogP contribution is 2.39. The van der Waals surface area contributed by atoms with Crippen LogP contribution in [0, 0.1) is 6.92 Å². The lowest BCUT2D eigenvalue weighted by molar-refractivity contribution is 0.0781. The van der Waals surface area contributed by atoms with Gasteiger partial charge < -0.3 is 19.5 Å². The number of methoxy groups -OCH3 is 1. The third kappa shape index (κ3) is 6.29. The van der Waals surface area contributed by atoms with E-state index in [0.29, 0.717) is 23.8 Å². The largest absolute Gasteiger partial charge is 0.496 e. The molecule has 3 aromatic carbocycles. The number of likely N-dealkylation sites (N-methyl/N-ethyl adjacent to an activating group) is 1. The summed E-state index contributed by atoms with van der Waals surface area (Å²) in [5, 5.41) is 12.8. The Morgan fingerprint density at radius 3 is 2.21 bits per heavy atom. The van der Waals surface area contributed by atoms with Crippen molar-refractivity contribution in [2.45, 2.75) is 32.8 Å². The van der Waals surface area contributed by atoms with Gasteiger partial charge in [0.15, 0.2) is 0 Å². The highest BCUT2D eigenvalue weighted by molar-refractivity contribution is 6.30. The molecule has 0 radical (unpaired) electrons. The van der Waals surface area contributed by atoms with Crippen LogP contribution in [-0.2, 0) is 12.0 Å². The van der Waals surface area contributed by atoms with Gasteiger partial charge in [0, 0.05) is 23.6 Å². The van der Waals surface area contributed by atoms with E-state index < -0.39 is 5.60 Å². The Kier molecular flexibility index (Phi) is 8.79. The van der Waals surface area contributed by atoms with Crippen LogP contribution in [0.1, 0.15) is 36.1 Å². The van der Waals surface area contributed by atoms with E-state index in [2.05, 4.69) is 18.7 Å². The predicted octanol–water partition coefficient (Wildman–Crippen LogP) is 5.86. The normalized spacial score (nSPS) is 13.1. The molecule has 0 amide bonds. The quantitative estimate of drug-likeness (QED) is 0.383. The summed E-state index contributed by atoms with van der Waals surface area (Å²) in [6, 6.07) is 21.2. The molecule has 3 aromatic rings. The van der Waals surface area contributed by atoms with Gasteiger partial charge in [-0.2, -0.15) is 0 Å². The van der Waals surface area contributed by atoms with Crippen LogP contribution in [0.15, 0.2) is 66.7 Å². The Labute approximate surface area is 202 Å². The summed E-state index contributed by atoms with van der Waals surface area (Å²) in [6.07, 6.45) is 0.381. The van der Waals surface area contributed by atoms with Gasteiger partial charge in [-0.1, -0.05) is 61.8 Å².